The Labute approximate surface area is 124 Å². The molecule has 7 nitrogen and oxygen atoms in total. The van der Waals surface area contributed by atoms with Crippen LogP contribution in [0.25, 0.3) is 0 Å². The summed E-state index contributed by atoms with van der Waals surface area (Å²) in [6, 6.07) is -0.0260. The van der Waals surface area contributed by atoms with Crippen molar-refractivity contribution >= 4 is 6.03 Å². The van der Waals surface area contributed by atoms with Gasteiger partial charge < -0.3 is 19.7 Å². The molecule has 1 unspecified atom stereocenters. The average molecular weight is 294 g/mol. The fourth-order valence-electron chi connectivity index (χ4n) is 2.22. The smallest absolute Gasteiger partial charge is 0.317 e. The van der Waals surface area contributed by atoms with Gasteiger partial charge >= 0.3 is 6.03 Å². The lowest BCUT2D eigenvalue weighted by Crippen LogP contribution is -2.48. The number of hydrogen-bond acceptors (Lipinski definition) is 5. The lowest BCUT2D eigenvalue weighted by Gasteiger charge is -2.32. The summed E-state index contributed by atoms with van der Waals surface area (Å²) >= 11 is 0. The second-order valence-electron chi connectivity index (χ2n) is 4.96. The normalized spacial score (nSPS) is 18.2. The van der Waals surface area contributed by atoms with Crippen LogP contribution in [0, 0.1) is 0 Å². The molecule has 116 valence electrons. The average Bonchev–Trinajstić information content (AvgIpc) is 2.53. The highest BCUT2D eigenvalue weighted by molar-refractivity contribution is 5.74. The van der Waals surface area contributed by atoms with Crippen LogP contribution in [-0.2, 0) is 0 Å². The van der Waals surface area contributed by atoms with Crippen LogP contribution in [0.15, 0.2) is 12.4 Å². The molecule has 1 N–H and O–H groups in total. The Morgan fingerprint density at radius 2 is 2.29 bits per heavy atom. The number of amides is 2. The molecule has 1 aliphatic heterocycles. The molecule has 2 amide bonds. The number of carbonyl (C=O) groups excluding carboxylic acids is 1. The number of likely N-dealkylation sites (tertiary alicyclic amines) is 1. The van der Waals surface area contributed by atoms with Gasteiger partial charge in [0.25, 0.3) is 0 Å². The second-order valence-corrected chi connectivity index (χ2v) is 4.96. The zero-order chi connectivity index (χ0) is 15.1. The van der Waals surface area contributed by atoms with Crippen molar-refractivity contribution < 1.29 is 14.3 Å². The van der Waals surface area contributed by atoms with E-state index in [2.05, 4.69) is 15.3 Å². The summed E-state index contributed by atoms with van der Waals surface area (Å²) in [6.07, 6.45) is 5.76. The summed E-state index contributed by atoms with van der Waals surface area (Å²) < 4.78 is 10.8. The highest BCUT2D eigenvalue weighted by Gasteiger charge is 2.25. The molecular formula is C14H22N4O3. The molecular weight excluding hydrogens is 272 g/mol. The highest BCUT2D eigenvalue weighted by atomic mass is 16.5. The number of hydrogen-bond donors (Lipinski definition) is 1. The summed E-state index contributed by atoms with van der Waals surface area (Å²) in [6.45, 7) is 4.06. The van der Waals surface area contributed by atoms with Crippen molar-refractivity contribution in [2.24, 2.45) is 0 Å². The monoisotopic (exact) mass is 294 g/mol. The lowest BCUT2D eigenvalue weighted by atomic mass is 10.1. The first-order valence-corrected chi connectivity index (χ1v) is 7.28. The molecule has 1 saturated heterocycles. The van der Waals surface area contributed by atoms with E-state index in [1.54, 1.807) is 11.1 Å². The summed E-state index contributed by atoms with van der Waals surface area (Å²) in [5, 5.41) is 2.89. The molecule has 0 saturated carbocycles. The van der Waals surface area contributed by atoms with Crippen molar-refractivity contribution in [2.75, 3.05) is 26.7 Å². The number of rotatable bonds is 5. The highest BCUT2D eigenvalue weighted by Crippen LogP contribution is 2.18. The number of aromatic nitrogens is 2. The van der Waals surface area contributed by atoms with Crippen LogP contribution in [0.3, 0.4) is 0 Å². The summed E-state index contributed by atoms with van der Waals surface area (Å²) in [7, 11) is 1.54. The van der Waals surface area contributed by atoms with Crippen LogP contribution in [0.4, 0.5) is 4.79 Å². The Morgan fingerprint density at radius 1 is 1.48 bits per heavy atom. The number of urea groups is 1. The minimum Gasteiger partial charge on any atom is -0.480 e. The molecule has 1 aliphatic rings. The molecule has 0 radical (unpaired) electrons. The number of nitrogens with zero attached hydrogens (tertiary/aromatic N) is 3. The Hall–Kier alpha value is -2.05. The Kier molecular flexibility index (Phi) is 5.59. The zero-order valence-corrected chi connectivity index (χ0v) is 12.5. The van der Waals surface area contributed by atoms with Gasteiger partial charge in [-0.05, 0) is 19.3 Å². The van der Waals surface area contributed by atoms with Gasteiger partial charge in [0.1, 0.15) is 6.10 Å². The van der Waals surface area contributed by atoms with E-state index in [1.165, 1.54) is 13.3 Å². The van der Waals surface area contributed by atoms with E-state index in [9.17, 15) is 4.79 Å². The molecule has 0 aromatic carbocycles. The Bertz CT molecular complexity index is 469. The minimum atomic E-state index is -0.0625. The first-order chi connectivity index (χ1) is 10.2. The topological polar surface area (TPSA) is 76.6 Å². The van der Waals surface area contributed by atoms with Gasteiger partial charge in [0, 0.05) is 13.1 Å². The lowest BCUT2D eigenvalue weighted by molar-refractivity contribution is 0.0969. The molecule has 0 bridgehead atoms. The van der Waals surface area contributed by atoms with Crippen LogP contribution in [0.5, 0.6) is 11.8 Å². The third kappa shape index (κ3) is 4.47. The summed E-state index contributed by atoms with van der Waals surface area (Å²) in [5.41, 5.74) is 0. The quantitative estimate of drug-likeness (QED) is 0.889. The van der Waals surface area contributed by atoms with Crippen molar-refractivity contribution in [1.29, 1.82) is 0 Å². The van der Waals surface area contributed by atoms with Gasteiger partial charge in [-0.25, -0.2) is 4.79 Å². The first-order valence-electron chi connectivity index (χ1n) is 7.28. The van der Waals surface area contributed by atoms with Gasteiger partial charge in [-0.2, -0.15) is 4.98 Å². The predicted octanol–water partition coefficient (Wildman–Crippen LogP) is 1.45. The van der Waals surface area contributed by atoms with Crippen molar-refractivity contribution in [3.8, 4) is 11.8 Å². The van der Waals surface area contributed by atoms with E-state index in [-0.39, 0.29) is 12.1 Å². The van der Waals surface area contributed by atoms with E-state index in [1.807, 2.05) is 6.92 Å². The largest absolute Gasteiger partial charge is 0.480 e. The molecule has 0 spiro atoms. The second kappa shape index (κ2) is 7.66. The maximum absolute atomic E-state index is 12.0. The standard InChI is InChI=1S/C14H22N4O3/c1-3-6-16-14(19)18-7-4-5-11(10-18)21-13-9-15-8-12(17-13)20-2/h8-9,11H,3-7,10H2,1-2H3,(H,16,19). The van der Waals surface area contributed by atoms with Crippen LogP contribution >= 0.6 is 0 Å². The maximum Gasteiger partial charge on any atom is 0.317 e. The molecule has 1 fully saturated rings. The fraction of sp³-hybridized carbons (Fsp3) is 0.643. The molecule has 2 rings (SSSR count). The SMILES string of the molecule is CCCNC(=O)N1CCCC(Oc2cncc(OC)n2)C1. The molecule has 7 heteroatoms. The fourth-order valence-corrected chi connectivity index (χ4v) is 2.22. The number of piperidine rings is 1. The van der Waals surface area contributed by atoms with Crippen LogP contribution < -0.4 is 14.8 Å². The van der Waals surface area contributed by atoms with E-state index in [4.69, 9.17) is 9.47 Å². The minimum absolute atomic E-state index is 0.0260. The molecule has 1 aromatic rings. The molecule has 0 aliphatic carbocycles. The summed E-state index contributed by atoms with van der Waals surface area (Å²) in [4.78, 5) is 21.9. The summed E-state index contributed by atoms with van der Waals surface area (Å²) in [5.74, 6) is 0.844. The van der Waals surface area contributed by atoms with Gasteiger partial charge in [-0.15, -0.1) is 0 Å². The van der Waals surface area contributed by atoms with Gasteiger partial charge in [-0.3, -0.25) is 4.98 Å². The van der Waals surface area contributed by atoms with Crippen LogP contribution in [-0.4, -0.2) is 53.7 Å². The molecule has 1 aromatic heterocycles. The van der Waals surface area contributed by atoms with E-state index in [0.29, 0.717) is 24.8 Å². The van der Waals surface area contributed by atoms with Crippen LogP contribution in [0.2, 0.25) is 0 Å². The molecule has 2 heterocycles. The number of methoxy groups -OCH3 is 1. The third-order valence-corrected chi connectivity index (χ3v) is 3.28. The number of nitrogens with one attached hydrogen (secondary N) is 1. The molecule has 1 atom stereocenters. The third-order valence-electron chi connectivity index (χ3n) is 3.28. The van der Waals surface area contributed by atoms with Gasteiger partial charge in [0.2, 0.25) is 11.8 Å². The Balaban J connectivity index is 1.90. The van der Waals surface area contributed by atoms with Crippen molar-refractivity contribution in [2.45, 2.75) is 32.3 Å². The van der Waals surface area contributed by atoms with Crippen molar-refractivity contribution in [1.82, 2.24) is 20.2 Å². The van der Waals surface area contributed by atoms with Gasteiger partial charge in [0.05, 0.1) is 26.0 Å². The number of carbonyl (C=O) groups is 1. The predicted molar refractivity (Wildman–Crippen MR) is 77.5 cm³/mol. The van der Waals surface area contributed by atoms with E-state index in [0.717, 1.165) is 25.8 Å². The maximum atomic E-state index is 12.0. The van der Waals surface area contributed by atoms with E-state index < -0.39 is 0 Å². The van der Waals surface area contributed by atoms with Crippen LogP contribution in [0.1, 0.15) is 26.2 Å². The van der Waals surface area contributed by atoms with Crippen molar-refractivity contribution in [3.05, 3.63) is 12.4 Å². The van der Waals surface area contributed by atoms with Crippen molar-refractivity contribution in [3.63, 3.8) is 0 Å². The van der Waals surface area contributed by atoms with E-state index >= 15 is 0 Å². The Morgan fingerprint density at radius 3 is 3.05 bits per heavy atom. The zero-order valence-electron chi connectivity index (χ0n) is 12.5. The first kappa shape index (κ1) is 15.3. The number of ether oxygens (including phenoxy) is 2. The molecule has 21 heavy (non-hydrogen) atoms. The van der Waals surface area contributed by atoms with Gasteiger partial charge in [-0.1, -0.05) is 6.92 Å². The van der Waals surface area contributed by atoms with Gasteiger partial charge in [0.15, 0.2) is 0 Å².